The second kappa shape index (κ2) is 5.46. The summed E-state index contributed by atoms with van der Waals surface area (Å²) in [5, 5.41) is 7.74. The molecule has 1 aromatic rings. The molecule has 1 unspecified atom stereocenters. The topological polar surface area (TPSA) is 39.1 Å². The van der Waals surface area contributed by atoms with Gasteiger partial charge in [0, 0.05) is 31.5 Å². The first kappa shape index (κ1) is 13.2. The third-order valence-corrected chi connectivity index (χ3v) is 2.39. The highest BCUT2D eigenvalue weighted by Crippen LogP contribution is 2.12. The second-order valence-electron chi connectivity index (χ2n) is 5.20. The number of aromatic nitrogens is 2. The summed E-state index contributed by atoms with van der Waals surface area (Å²) in [5.74, 6) is 0. The molecular weight excluding hydrogens is 202 g/mol. The molecule has 4 heteroatoms. The van der Waals surface area contributed by atoms with Crippen molar-refractivity contribution in [3.05, 3.63) is 18.0 Å². The van der Waals surface area contributed by atoms with Crippen LogP contribution in [0.15, 0.2) is 12.4 Å². The Labute approximate surface area is 98.0 Å². The average molecular weight is 225 g/mol. The lowest BCUT2D eigenvalue weighted by Gasteiger charge is -2.18. The first-order chi connectivity index (χ1) is 7.43. The van der Waals surface area contributed by atoms with E-state index in [4.69, 9.17) is 4.74 Å². The number of rotatable bonds is 5. The van der Waals surface area contributed by atoms with E-state index in [0.29, 0.717) is 6.04 Å². The molecule has 0 saturated carbocycles. The first-order valence-electron chi connectivity index (χ1n) is 5.70. The first-order valence-corrected chi connectivity index (χ1v) is 5.70. The van der Waals surface area contributed by atoms with Gasteiger partial charge in [0.05, 0.1) is 18.3 Å². The van der Waals surface area contributed by atoms with Crippen LogP contribution in [0.3, 0.4) is 0 Å². The van der Waals surface area contributed by atoms with E-state index < -0.39 is 0 Å². The molecule has 4 nitrogen and oxygen atoms in total. The molecule has 0 aliphatic rings. The number of nitrogens with zero attached hydrogens (tertiary/aromatic N) is 2. The minimum absolute atomic E-state index is 0.0520. The molecule has 0 spiro atoms. The zero-order chi connectivity index (χ0) is 12.2. The number of nitrogens with one attached hydrogen (secondary N) is 1. The van der Waals surface area contributed by atoms with Gasteiger partial charge in [-0.1, -0.05) is 0 Å². The van der Waals surface area contributed by atoms with Gasteiger partial charge in [0.1, 0.15) is 0 Å². The Balaban J connectivity index is 2.47. The van der Waals surface area contributed by atoms with Crippen LogP contribution in [-0.4, -0.2) is 29.5 Å². The molecule has 0 aliphatic heterocycles. The molecule has 1 rings (SSSR count). The molecule has 0 radical (unpaired) electrons. The molecule has 0 aromatic carbocycles. The van der Waals surface area contributed by atoms with Gasteiger partial charge in [-0.15, -0.1) is 0 Å². The summed E-state index contributed by atoms with van der Waals surface area (Å²) in [6.07, 6.45) is 4.00. The Morgan fingerprint density at radius 2 is 2.19 bits per heavy atom. The largest absolute Gasteiger partial charge is 0.383 e. The van der Waals surface area contributed by atoms with Crippen molar-refractivity contribution in [3.8, 4) is 0 Å². The van der Waals surface area contributed by atoms with Gasteiger partial charge < -0.3 is 10.1 Å². The van der Waals surface area contributed by atoms with E-state index in [9.17, 15) is 0 Å². The Bertz CT molecular complexity index is 314. The molecule has 0 aliphatic carbocycles. The van der Waals surface area contributed by atoms with E-state index in [1.807, 2.05) is 10.9 Å². The predicted octanol–water partition coefficient (Wildman–Crippen LogP) is 1.76. The van der Waals surface area contributed by atoms with E-state index >= 15 is 0 Å². The molecule has 0 fully saturated rings. The number of methoxy groups -OCH3 is 1. The van der Waals surface area contributed by atoms with Crippen LogP contribution in [0.25, 0.3) is 0 Å². The van der Waals surface area contributed by atoms with Gasteiger partial charge in [-0.2, -0.15) is 5.10 Å². The van der Waals surface area contributed by atoms with Crippen molar-refractivity contribution in [2.75, 3.05) is 13.7 Å². The predicted molar refractivity (Wildman–Crippen MR) is 65.4 cm³/mol. The standard InChI is InChI=1S/C12H23N3O/c1-10(9-16-5)13-6-11-7-14-15(8-11)12(2,3)4/h7-8,10,13H,6,9H2,1-5H3. The highest BCUT2D eigenvalue weighted by molar-refractivity contribution is 5.05. The highest BCUT2D eigenvalue weighted by Gasteiger charge is 2.13. The lowest BCUT2D eigenvalue weighted by Crippen LogP contribution is -2.29. The van der Waals surface area contributed by atoms with E-state index in [-0.39, 0.29) is 5.54 Å². The number of ether oxygens (including phenoxy) is 1. The fourth-order valence-corrected chi connectivity index (χ4v) is 1.42. The second-order valence-corrected chi connectivity index (χ2v) is 5.20. The summed E-state index contributed by atoms with van der Waals surface area (Å²) in [6.45, 7) is 10.1. The third-order valence-electron chi connectivity index (χ3n) is 2.39. The summed E-state index contributed by atoms with van der Waals surface area (Å²) in [5.41, 5.74) is 1.26. The lowest BCUT2D eigenvalue weighted by atomic mass is 10.1. The molecule has 0 amide bonds. The van der Waals surface area contributed by atoms with Gasteiger partial charge in [-0.05, 0) is 27.7 Å². The minimum atomic E-state index is 0.0520. The zero-order valence-corrected chi connectivity index (χ0v) is 10.9. The third kappa shape index (κ3) is 3.94. The summed E-state index contributed by atoms with van der Waals surface area (Å²) in [4.78, 5) is 0. The van der Waals surface area contributed by atoms with Crippen molar-refractivity contribution >= 4 is 0 Å². The van der Waals surface area contributed by atoms with Crippen LogP contribution in [0, 0.1) is 0 Å². The van der Waals surface area contributed by atoms with Crippen LogP contribution < -0.4 is 5.32 Å². The van der Waals surface area contributed by atoms with E-state index in [1.54, 1.807) is 7.11 Å². The molecule has 1 N–H and O–H groups in total. The van der Waals surface area contributed by atoms with Gasteiger partial charge in [-0.3, -0.25) is 4.68 Å². The molecule has 1 heterocycles. The van der Waals surface area contributed by atoms with Crippen molar-refractivity contribution in [1.82, 2.24) is 15.1 Å². The van der Waals surface area contributed by atoms with Crippen molar-refractivity contribution < 1.29 is 4.74 Å². The van der Waals surface area contributed by atoms with Crippen LogP contribution >= 0.6 is 0 Å². The van der Waals surface area contributed by atoms with Crippen LogP contribution in [-0.2, 0) is 16.8 Å². The minimum Gasteiger partial charge on any atom is -0.383 e. The van der Waals surface area contributed by atoms with E-state index in [1.165, 1.54) is 5.56 Å². The smallest absolute Gasteiger partial charge is 0.0613 e. The maximum atomic E-state index is 5.07. The van der Waals surface area contributed by atoms with Gasteiger partial charge in [0.25, 0.3) is 0 Å². The summed E-state index contributed by atoms with van der Waals surface area (Å²) < 4.78 is 7.06. The zero-order valence-electron chi connectivity index (χ0n) is 10.9. The van der Waals surface area contributed by atoms with Crippen molar-refractivity contribution in [2.45, 2.75) is 45.8 Å². The molecule has 0 bridgehead atoms. The number of hydrogen-bond donors (Lipinski definition) is 1. The van der Waals surface area contributed by atoms with E-state index in [2.05, 4.69) is 44.3 Å². The summed E-state index contributed by atoms with van der Waals surface area (Å²) in [6, 6.07) is 0.364. The van der Waals surface area contributed by atoms with Gasteiger partial charge in [-0.25, -0.2) is 0 Å². The molecule has 0 saturated heterocycles. The summed E-state index contributed by atoms with van der Waals surface area (Å²) >= 11 is 0. The molecular formula is C12H23N3O. The van der Waals surface area contributed by atoms with Crippen molar-refractivity contribution in [3.63, 3.8) is 0 Å². The quantitative estimate of drug-likeness (QED) is 0.830. The fourth-order valence-electron chi connectivity index (χ4n) is 1.42. The monoisotopic (exact) mass is 225 g/mol. The molecule has 92 valence electrons. The number of hydrogen-bond acceptors (Lipinski definition) is 3. The van der Waals surface area contributed by atoms with Crippen molar-refractivity contribution in [2.24, 2.45) is 0 Å². The van der Waals surface area contributed by atoms with Crippen LogP contribution in [0.2, 0.25) is 0 Å². The maximum absolute atomic E-state index is 5.07. The molecule has 16 heavy (non-hydrogen) atoms. The Morgan fingerprint density at radius 1 is 1.50 bits per heavy atom. The Hall–Kier alpha value is -0.870. The Kier molecular flexibility index (Phi) is 4.50. The van der Waals surface area contributed by atoms with Gasteiger partial charge >= 0.3 is 0 Å². The average Bonchev–Trinajstić information content (AvgIpc) is 2.63. The lowest BCUT2D eigenvalue weighted by molar-refractivity contribution is 0.171. The van der Waals surface area contributed by atoms with Crippen LogP contribution in [0.5, 0.6) is 0 Å². The van der Waals surface area contributed by atoms with Crippen molar-refractivity contribution in [1.29, 1.82) is 0 Å². The fraction of sp³-hybridized carbons (Fsp3) is 0.750. The molecule has 1 aromatic heterocycles. The highest BCUT2D eigenvalue weighted by atomic mass is 16.5. The molecule has 1 atom stereocenters. The normalized spacial score (nSPS) is 14.1. The SMILES string of the molecule is COCC(C)NCc1cnn(C(C)(C)C)c1. The Morgan fingerprint density at radius 3 is 2.69 bits per heavy atom. The van der Waals surface area contributed by atoms with E-state index in [0.717, 1.165) is 13.2 Å². The van der Waals surface area contributed by atoms with Crippen LogP contribution in [0.4, 0.5) is 0 Å². The van der Waals surface area contributed by atoms with Gasteiger partial charge in [0.15, 0.2) is 0 Å². The van der Waals surface area contributed by atoms with Crippen LogP contribution in [0.1, 0.15) is 33.3 Å². The van der Waals surface area contributed by atoms with Gasteiger partial charge in [0.2, 0.25) is 0 Å². The maximum Gasteiger partial charge on any atom is 0.0613 e. The summed E-state index contributed by atoms with van der Waals surface area (Å²) in [7, 11) is 1.72.